The average Bonchev–Trinajstić information content (AvgIpc) is 2.46. The van der Waals surface area contributed by atoms with Gasteiger partial charge in [-0.1, -0.05) is 12.1 Å². The van der Waals surface area contributed by atoms with Gasteiger partial charge in [0.15, 0.2) is 0 Å². The topological polar surface area (TPSA) is 75.4 Å². The first-order chi connectivity index (χ1) is 9.58. The second-order valence-corrected chi connectivity index (χ2v) is 4.84. The van der Waals surface area contributed by atoms with Gasteiger partial charge in [0.05, 0.1) is 0 Å². The van der Waals surface area contributed by atoms with E-state index >= 15 is 0 Å². The highest BCUT2D eigenvalue weighted by molar-refractivity contribution is 5.87. The quantitative estimate of drug-likeness (QED) is 0.817. The number of rotatable bonds is 4. The molecule has 1 fully saturated rings. The first-order valence-electron chi connectivity index (χ1n) is 6.62. The van der Waals surface area contributed by atoms with Gasteiger partial charge in [0.1, 0.15) is 11.9 Å². The van der Waals surface area contributed by atoms with Crippen molar-refractivity contribution in [2.45, 2.75) is 18.9 Å². The highest BCUT2D eigenvalue weighted by Crippen LogP contribution is 2.10. The van der Waals surface area contributed by atoms with E-state index in [2.05, 4.69) is 5.32 Å². The zero-order valence-electron chi connectivity index (χ0n) is 11.1. The third kappa shape index (κ3) is 3.54. The fourth-order valence-corrected chi connectivity index (χ4v) is 2.30. The molecule has 2 amide bonds. The molecule has 0 radical (unpaired) electrons. The number of amides is 2. The maximum atomic E-state index is 12.8. The van der Waals surface area contributed by atoms with Crippen LogP contribution in [0.2, 0.25) is 0 Å². The van der Waals surface area contributed by atoms with E-state index in [-0.39, 0.29) is 18.1 Å². The number of piperazine rings is 1. The number of primary amides is 1. The molecule has 1 saturated heterocycles. The summed E-state index contributed by atoms with van der Waals surface area (Å²) in [5, 5.41) is 3.04. The van der Waals surface area contributed by atoms with Crippen LogP contribution >= 0.6 is 0 Å². The van der Waals surface area contributed by atoms with Crippen molar-refractivity contribution in [3.8, 4) is 0 Å². The molecule has 0 bridgehead atoms. The fraction of sp³-hybridized carbons (Fsp3) is 0.429. The summed E-state index contributed by atoms with van der Waals surface area (Å²) < 4.78 is 12.8. The van der Waals surface area contributed by atoms with Crippen molar-refractivity contribution >= 4 is 11.8 Å². The number of nitrogens with zero attached hydrogens (tertiary/aromatic N) is 1. The Bertz CT molecular complexity index is 490. The van der Waals surface area contributed by atoms with Crippen molar-refractivity contribution in [2.75, 3.05) is 19.6 Å². The van der Waals surface area contributed by atoms with Gasteiger partial charge in [0.2, 0.25) is 11.8 Å². The summed E-state index contributed by atoms with van der Waals surface area (Å²) >= 11 is 0. The Hall–Kier alpha value is -1.95. The maximum absolute atomic E-state index is 12.8. The van der Waals surface area contributed by atoms with E-state index in [1.807, 2.05) is 0 Å². The molecule has 0 saturated carbocycles. The summed E-state index contributed by atoms with van der Waals surface area (Å²) in [7, 11) is 0. The molecule has 0 spiro atoms. The van der Waals surface area contributed by atoms with Gasteiger partial charge in [-0.3, -0.25) is 9.59 Å². The number of carbonyl (C=O) groups excluding carboxylic acids is 2. The summed E-state index contributed by atoms with van der Waals surface area (Å²) in [6.45, 7) is 1.54. The number of halogens is 1. The lowest BCUT2D eigenvalue weighted by molar-refractivity contribution is -0.140. The molecule has 20 heavy (non-hydrogen) atoms. The molecule has 1 atom stereocenters. The number of nitrogens with one attached hydrogen (secondary N) is 1. The van der Waals surface area contributed by atoms with E-state index in [1.165, 1.54) is 17.0 Å². The molecule has 1 aromatic rings. The number of benzene rings is 1. The normalized spacial score (nSPS) is 18.9. The molecule has 1 unspecified atom stereocenters. The van der Waals surface area contributed by atoms with Crippen LogP contribution in [0.4, 0.5) is 4.39 Å². The van der Waals surface area contributed by atoms with Crippen molar-refractivity contribution in [3.05, 3.63) is 35.6 Å². The standard InChI is InChI=1S/C14H18FN3O2/c15-11-4-1-10(2-5-11)3-6-13(19)18-8-7-17-9-12(18)14(16)20/h1-2,4-5,12,17H,3,6-9H2,(H2,16,20). The van der Waals surface area contributed by atoms with E-state index in [0.717, 1.165) is 5.56 Å². The minimum Gasteiger partial charge on any atom is -0.368 e. The number of hydrogen-bond acceptors (Lipinski definition) is 3. The molecule has 0 aliphatic carbocycles. The highest BCUT2D eigenvalue weighted by atomic mass is 19.1. The molecule has 1 aliphatic rings. The number of carbonyl (C=O) groups is 2. The van der Waals surface area contributed by atoms with Gasteiger partial charge in [-0.15, -0.1) is 0 Å². The van der Waals surface area contributed by atoms with Crippen molar-refractivity contribution in [3.63, 3.8) is 0 Å². The molecule has 0 aromatic heterocycles. The first kappa shape index (κ1) is 14.5. The summed E-state index contributed by atoms with van der Waals surface area (Å²) in [5.41, 5.74) is 6.20. The van der Waals surface area contributed by atoms with Gasteiger partial charge in [0.25, 0.3) is 0 Å². The van der Waals surface area contributed by atoms with Crippen LogP contribution in [0.5, 0.6) is 0 Å². The predicted molar refractivity (Wildman–Crippen MR) is 72.3 cm³/mol. The monoisotopic (exact) mass is 279 g/mol. The van der Waals surface area contributed by atoms with E-state index in [4.69, 9.17) is 5.73 Å². The lowest BCUT2D eigenvalue weighted by Crippen LogP contribution is -2.58. The maximum Gasteiger partial charge on any atom is 0.241 e. The van der Waals surface area contributed by atoms with Crippen LogP contribution in [0.15, 0.2) is 24.3 Å². The number of aryl methyl sites for hydroxylation is 1. The number of nitrogens with two attached hydrogens (primary N) is 1. The molecule has 108 valence electrons. The zero-order chi connectivity index (χ0) is 14.5. The smallest absolute Gasteiger partial charge is 0.241 e. The summed E-state index contributed by atoms with van der Waals surface area (Å²) in [6, 6.07) is 5.48. The third-order valence-electron chi connectivity index (χ3n) is 3.43. The second-order valence-electron chi connectivity index (χ2n) is 4.84. The van der Waals surface area contributed by atoms with Crippen LogP contribution < -0.4 is 11.1 Å². The molecular formula is C14H18FN3O2. The van der Waals surface area contributed by atoms with E-state index in [0.29, 0.717) is 26.1 Å². The molecule has 1 heterocycles. The van der Waals surface area contributed by atoms with Gasteiger partial charge in [0, 0.05) is 26.1 Å². The van der Waals surface area contributed by atoms with Crippen molar-refractivity contribution in [1.82, 2.24) is 10.2 Å². The van der Waals surface area contributed by atoms with Gasteiger partial charge in [-0.2, -0.15) is 0 Å². The van der Waals surface area contributed by atoms with Crippen molar-refractivity contribution in [2.24, 2.45) is 5.73 Å². The second kappa shape index (κ2) is 6.47. The first-order valence-corrected chi connectivity index (χ1v) is 6.62. The summed E-state index contributed by atoms with van der Waals surface area (Å²) in [6.07, 6.45) is 0.809. The Balaban J connectivity index is 1.93. The van der Waals surface area contributed by atoms with Gasteiger partial charge >= 0.3 is 0 Å². The highest BCUT2D eigenvalue weighted by Gasteiger charge is 2.29. The minimum atomic E-state index is -0.579. The van der Waals surface area contributed by atoms with Crippen LogP contribution in [-0.4, -0.2) is 42.4 Å². The Morgan fingerprint density at radius 1 is 1.35 bits per heavy atom. The van der Waals surface area contributed by atoms with E-state index in [9.17, 15) is 14.0 Å². The molecule has 6 heteroatoms. The van der Waals surface area contributed by atoms with Gasteiger partial charge in [-0.05, 0) is 24.1 Å². The van der Waals surface area contributed by atoms with Crippen molar-refractivity contribution < 1.29 is 14.0 Å². The third-order valence-corrected chi connectivity index (χ3v) is 3.43. The van der Waals surface area contributed by atoms with Crippen LogP contribution in [0.1, 0.15) is 12.0 Å². The molecule has 1 aromatic carbocycles. The Morgan fingerprint density at radius 2 is 2.05 bits per heavy atom. The molecule has 2 rings (SSSR count). The largest absolute Gasteiger partial charge is 0.368 e. The van der Waals surface area contributed by atoms with Crippen LogP contribution in [0, 0.1) is 5.82 Å². The van der Waals surface area contributed by atoms with Gasteiger partial charge < -0.3 is 16.0 Å². The SMILES string of the molecule is NC(=O)C1CNCCN1C(=O)CCc1ccc(F)cc1. The van der Waals surface area contributed by atoms with Crippen LogP contribution in [-0.2, 0) is 16.0 Å². The average molecular weight is 279 g/mol. The summed E-state index contributed by atoms with van der Waals surface area (Å²) in [5.74, 6) is -0.886. The van der Waals surface area contributed by atoms with Crippen molar-refractivity contribution in [1.29, 1.82) is 0 Å². The van der Waals surface area contributed by atoms with Crippen LogP contribution in [0.3, 0.4) is 0 Å². The molecule has 5 nitrogen and oxygen atoms in total. The molecule has 1 aliphatic heterocycles. The summed E-state index contributed by atoms with van der Waals surface area (Å²) in [4.78, 5) is 25.0. The minimum absolute atomic E-state index is 0.0976. The molecular weight excluding hydrogens is 261 g/mol. The lowest BCUT2D eigenvalue weighted by Gasteiger charge is -2.34. The van der Waals surface area contributed by atoms with Crippen LogP contribution in [0.25, 0.3) is 0 Å². The van der Waals surface area contributed by atoms with E-state index in [1.54, 1.807) is 12.1 Å². The Labute approximate surface area is 116 Å². The lowest BCUT2D eigenvalue weighted by atomic mass is 10.1. The predicted octanol–water partition coefficient (Wildman–Crippen LogP) is 0.0440. The molecule has 3 N–H and O–H groups in total. The zero-order valence-corrected chi connectivity index (χ0v) is 11.1. The van der Waals surface area contributed by atoms with E-state index < -0.39 is 11.9 Å². The Kier molecular flexibility index (Phi) is 4.68. The Morgan fingerprint density at radius 3 is 2.70 bits per heavy atom. The number of hydrogen-bond donors (Lipinski definition) is 2. The van der Waals surface area contributed by atoms with Gasteiger partial charge in [-0.25, -0.2) is 4.39 Å². The fourth-order valence-electron chi connectivity index (χ4n) is 2.30.